The van der Waals surface area contributed by atoms with Crippen molar-refractivity contribution < 1.29 is 4.74 Å². The monoisotopic (exact) mass is 293 g/mol. The lowest BCUT2D eigenvalue weighted by atomic mass is 10.1. The predicted molar refractivity (Wildman–Crippen MR) is 83.6 cm³/mol. The molecule has 1 atom stereocenters. The number of nitrogens with zero attached hydrogens (tertiary/aromatic N) is 2. The highest BCUT2D eigenvalue weighted by Gasteiger charge is 2.23. The number of rotatable bonds is 7. The maximum Gasteiger partial charge on any atom is 0.161 e. The third-order valence-electron chi connectivity index (χ3n) is 3.23. The zero-order chi connectivity index (χ0) is 14.5. The molecule has 2 rings (SSSR count). The highest BCUT2D eigenvalue weighted by molar-refractivity contribution is 7.12. The van der Waals surface area contributed by atoms with Gasteiger partial charge in [0, 0.05) is 16.3 Å². The van der Waals surface area contributed by atoms with E-state index in [-0.39, 0.29) is 6.04 Å². The van der Waals surface area contributed by atoms with Crippen molar-refractivity contribution in [3.05, 3.63) is 33.8 Å². The average Bonchev–Trinajstić information content (AvgIpc) is 3.03. The van der Waals surface area contributed by atoms with Crippen molar-refractivity contribution in [1.82, 2.24) is 15.1 Å². The van der Waals surface area contributed by atoms with Gasteiger partial charge in [0.2, 0.25) is 0 Å². The summed E-state index contributed by atoms with van der Waals surface area (Å²) in [6, 6.07) is 4.50. The van der Waals surface area contributed by atoms with E-state index in [1.165, 1.54) is 9.75 Å². The highest BCUT2D eigenvalue weighted by Crippen LogP contribution is 2.33. The molecule has 20 heavy (non-hydrogen) atoms. The van der Waals surface area contributed by atoms with Crippen LogP contribution in [0.25, 0.3) is 0 Å². The summed E-state index contributed by atoms with van der Waals surface area (Å²) in [6.45, 7) is 8.24. The second-order valence-electron chi connectivity index (χ2n) is 4.76. The summed E-state index contributed by atoms with van der Waals surface area (Å²) in [5.41, 5.74) is 1.12. The fraction of sp³-hybridized carbons (Fsp3) is 0.533. The van der Waals surface area contributed by atoms with E-state index in [2.05, 4.69) is 48.0 Å². The van der Waals surface area contributed by atoms with E-state index in [4.69, 9.17) is 4.74 Å². The summed E-state index contributed by atoms with van der Waals surface area (Å²) in [5.74, 6) is 0.857. The van der Waals surface area contributed by atoms with Gasteiger partial charge in [0.15, 0.2) is 5.75 Å². The van der Waals surface area contributed by atoms with Crippen molar-refractivity contribution in [1.29, 1.82) is 0 Å². The summed E-state index contributed by atoms with van der Waals surface area (Å²) in [7, 11) is 1.71. The summed E-state index contributed by atoms with van der Waals surface area (Å²) < 4.78 is 7.57. The summed E-state index contributed by atoms with van der Waals surface area (Å²) in [5, 5.41) is 8.03. The SMILES string of the molecule is CCCn1ncc(OC)c1C(NCC)c1ccc(C)s1. The highest BCUT2D eigenvalue weighted by atomic mass is 32.1. The van der Waals surface area contributed by atoms with Gasteiger partial charge in [-0.1, -0.05) is 13.8 Å². The molecule has 0 aliphatic carbocycles. The summed E-state index contributed by atoms with van der Waals surface area (Å²) >= 11 is 1.82. The Morgan fingerprint density at radius 2 is 2.20 bits per heavy atom. The molecule has 0 saturated carbocycles. The summed E-state index contributed by atoms with van der Waals surface area (Å²) in [4.78, 5) is 2.63. The van der Waals surface area contributed by atoms with Crippen LogP contribution in [0.2, 0.25) is 0 Å². The van der Waals surface area contributed by atoms with Crippen molar-refractivity contribution in [2.24, 2.45) is 0 Å². The first-order valence-electron chi connectivity index (χ1n) is 7.10. The Morgan fingerprint density at radius 3 is 2.75 bits per heavy atom. The minimum Gasteiger partial charge on any atom is -0.493 e. The Balaban J connectivity index is 2.44. The Morgan fingerprint density at radius 1 is 1.40 bits per heavy atom. The number of aromatic nitrogens is 2. The predicted octanol–water partition coefficient (Wildman–Crippen LogP) is 3.37. The van der Waals surface area contributed by atoms with Crippen molar-refractivity contribution >= 4 is 11.3 Å². The van der Waals surface area contributed by atoms with Crippen LogP contribution < -0.4 is 10.1 Å². The maximum absolute atomic E-state index is 5.51. The molecular formula is C15H23N3OS. The standard InChI is InChI=1S/C15H23N3OS/c1-5-9-18-15(12(19-4)10-17-18)14(16-6-2)13-8-7-11(3)20-13/h7-8,10,14,16H,5-6,9H2,1-4H3. The number of ether oxygens (including phenoxy) is 1. The van der Waals surface area contributed by atoms with Gasteiger partial charge in [-0.2, -0.15) is 5.10 Å². The van der Waals surface area contributed by atoms with Gasteiger partial charge in [0.05, 0.1) is 19.3 Å². The van der Waals surface area contributed by atoms with Crippen LogP contribution in [-0.4, -0.2) is 23.4 Å². The largest absolute Gasteiger partial charge is 0.493 e. The van der Waals surface area contributed by atoms with Gasteiger partial charge in [-0.05, 0) is 32.0 Å². The first-order chi connectivity index (χ1) is 9.71. The molecule has 0 spiro atoms. The van der Waals surface area contributed by atoms with E-state index < -0.39 is 0 Å². The van der Waals surface area contributed by atoms with Crippen molar-refractivity contribution in [2.45, 2.75) is 39.8 Å². The maximum atomic E-state index is 5.51. The Kier molecular flexibility index (Phi) is 5.20. The van der Waals surface area contributed by atoms with Crippen LogP contribution in [0.3, 0.4) is 0 Å². The quantitative estimate of drug-likeness (QED) is 0.850. The van der Waals surface area contributed by atoms with Crippen LogP contribution in [0, 0.1) is 6.92 Å². The lowest BCUT2D eigenvalue weighted by molar-refractivity contribution is 0.399. The average molecular weight is 293 g/mol. The molecule has 2 heterocycles. The van der Waals surface area contributed by atoms with Gasteiger partial charge in [0.1, 0.15) is 5.69 Å². The number of methoxy groups -OCH3 is 1. The number of hydrogen-bond acceptors (Lipinski definition) is 4. The third-order valence-corrected chi connectivity index (χ3v) is 4.29. The van der Waals surface area contributed by atoms with Crippen molar-refractivity contribution in [3.8, 4) is 5.75 Å². The van der Waals surface area contributed by atoms with E-state index in [9.17, 15) is 0 Å². The van der Waals surface area contributed by atoms with Gasteiger partial charge in [0.25, 0.3) is 0 Å². The second kappa shape index (κ2) is 6.90. The Hall–Kier alpha value is -1.33. The van der Waals surface area contributed by atoms with E-state index in [0.29, 0.717) is 0 Å². The van der Waals surface area contributed by atoms with Gasteiger partial charge in [-0.3, -0.25) is 4.68 Å². The second-order valence-corrected chi connectivity index (χ2v) is 6.08. The molecule has 1 unspecified atom stereocenters. The first-order valence-corrected chi connectivity index (χ1v) is 7.92. The number of aryl methyl sites for hydroxylation is 2. The molecule has 0 radical (unpaired) electrons. The Bertz CT molecular complexity index is 547. The van der Waals surface area contributed by atoms with Crippen LogP contribution >= 0.6 is 11.3 Å². The fourth-order valence-electron chi connectivity index (χ4n) is 2.36. The molecule has 110 valence electrons. The number of thiophene rings is 1. The van der Waals surface area contributed by atoms with E-state index in [1.807, 2.05) is 17.5 Å². The molecule has 0 amide bonds. The molecule has 4 nitrogen and oxygen atoms in total. The minimum absolute atomic E-state index is 0.141. The van der Waals surface area contributed by atoms with E-state index in [0.717, 1.165) is 31.0 Å². The minimum atomic E-state index is 0.141. The molecule has 2 aromatic rings. The first kappa shape index (κ1) is 15.1. The van der Waals surface area contributed by atoms with Crippen LogP contribution in [0.4, 0.5) is 0 Å². The molecule has 0 fully saturated rings. The molecule has 0 aliphatic rings. The molecule has 0 saturated heterocycles. The number of hydrogen-bond donors (Lipinski definition) is 1. The van der Waals surface area contributed by atoms with Crippen LogP contribution in [0.15, 0.2) is 18.3 Å². The fourth-order valence-corrected chi connectivity index (χ4v) is 3.32. The van der Waals surface area contributed by atoms with E-state index >= 15 is 0 Å². The van der Waals surface area contributed by atoms with Crippen molar-refractivity contribution in [2.75, 3.05) is 13.7 Å². The zero-order valence-electron chi connectivity index (χ0n) is 12.6. The van der Waals surface area contributed by atoms with Crippen LogP contribution in [0.1, 0.15) is 41.8 Å². The van der Waals surface area contributed by atoms with E-state index in [1.54, 1.807) is 7.11 Å². The van der Waals surface area contributed by atoms with Gasteiger partial charge in [-0.25, -0.2) is 0 Å². The Labute approximate surface area is 124 Å². The molecule has 1 N–H and O–H groups in total. The molecule has 5 heteroatoms. The summed E-state index contributed by atoms with van der Waals surface area (Å²) in [6.07, 6.45) is 2.87. The lowest BCUT2D eigenvalue weighted by Gasteiger charge is -2.19. The lowest BCUT2D eigenvalue weighted by Crippen LogP contribution is -2.24. The zero-order valence-corrected chi connectivity index (χ0v) is 13.5. The molecule has 2 aromatic heterocycles. The van der Waals surface area contributed by atoms with Gasteiger partial charge >= 0.3 is 0 Å². The van der Waals surface area contributed by atoms with Crippen molar-refractivity contribution in [3.63, 3.8) is 0 Å². The van der Waals surface area contributed by atoms with Gasteiger partial charge in [-0.15, -0.1) is 11.3 Å². The molecular weight excluding hydrogens is 270 g/mol. The third kappa shape index (κ3) is 3.04. The normalized spacial score (nSPS) is 12.6. The smallest absolute Gasteiger partial charge is 0.161 e. The molecule has 0 aromatic carbocycles. The molecule has 0 aliphatic heterocycles. The van der Waals surface area contributed by atoms with Crippen LogP contribution in [0.5, 0.6) is 5.75 Å². The number of nitrogens with one attached hydrogen (secondary N) is 1. The van der Waals surface area contributed by atoms with Crippen LogP contribution in [-0.2, 0) is 6.54 Å². The molecule has 0 bridgehead atoms. The topological polar surface area (TPSA) is 39.1 Å². The van der Waals surface area contributed by atoms with Gasteiger partial charge < -0.3 is 10.1 Å².